The van der Waals surface area contributed by atoms with Gasteiger partial charge in [0.25, 0.3) is 0 Å². The average molecular weight is 244 g/mol. The second kappa shape index (κ2) is 4.39. The van der Waals surface area contributed by atoms with Crippen molar-refractivity contribution in [2.75, 3.05) is 0 Å². The van der Waals surface area contributed by atoms with E-state index >= 15 is 0 Å². The monoisotopic (exact) mass is 244 g/mol. The number of aryl methyl sites for hydroxylation is 1. The molecule has 0 amide bonds. The first-order valence-corrected chi connectivity index (χ1v) is 6.83. The predicted octanol–water partition coefficient (Wildman–Crippen LogP) is 3.51. The van der Waals surface area contributed by atoms with E-state index in [1.54, 1.807) is 0 Å². The molecule has 1 aliphatic carbocycles. The van der Waals surface area contributed by atoms with E-state index in [4.69, 9.17) is 5.10 Å². The van der Waals surface area contributed by atoms with Crippen LogP contribution in [0.2, 0.25) is 0 Å². The SMILES string of the molecule is Cc1nn(C2CCCC2)c2cc(C(C)O)ccc12. The molecule has 1 N–H and O–H groups in total. The van der Waals surface area contributed by atoms with Crippen molar-refractivity contribution < 1.29 is 5.11 Å². The topological polar surface area (TPSA) is 38.0 Å². The van der Waals surface area contributed by atoms with Crippen LogP contribution in [0.1, 0.15) is 56.0 Å². The number of hydrogen-bond acceptors (Lipinski definition) is 2. The molecule has 2 aromatic rings. The van der Waals surface area contributed by atoms with E-state index in [9.17, 15) is 5.11 Å². The van der Waals surface area contributed by atoms with E-state index < -0.39 is 6.10 Å². The number of fused-ring (bicyclic) bond motifs is 1. The molecule has 1 unspecified atom stereocenters. The quantitative estimate of drug-likeness (QED) is 0.877. The molecule has 1 aromatic carbocycles. The molecular weight excluding hydrogens is 224 g/mol. The van der Waals surface area contributed by atoms with E-state index in [-0.39, 0.29) is 0 Å². The highest BCUT2D eigenvalue weighted by Crippen LogP contribution is 2.33. The number of nitrogens with zero attached hydrogens (tertiary/aromatic N) is 2. The maximum absolute atomic E-state index is 9.72. The minimum atomic E-state index is -0.415. The fourth-order valence-electron chi connectivity index (χ4n) is 3.00. The number of benzene rings is 1. The van der Waals surface area contributed by atoms with Crippen LogP contribution in [0.25, 0.3) is 10.9 Å². The van der Waals surface area contributed by atoms with E-state index in [0.29, 0.717) is 6.04 Å². The van der Waals surface area contributed by atoms with Crippen LogP contribution in [0.15, 0.2) is 18.2 Å². The summed E-state index contributed by atoms with van der Waals surface area (Å²) < 4.78 is 2.18. The van der Waals surface area contributed by atoms with E-state index in [1.165, 1.54) is 36.6 Å². The van der Waals surface area contributed by atoms with Gasteiger partial charge >= 0.3 is 0 Å². The molecule has 3 rings (SSSR count). The summed E-state index contributed by atoms with van der Waals surface area (Å²) in [5, 5.41) is 15.6. The number of hydrogen-bond donors (Lipinski definition) is 1. The number of aliphatic hydroxyl groups is 1. The lowest BCUT2D eigenvalue weighted by molar-refractivity contribution is 0.199. The van der Waals surface area contributed by atoms with Crippen LogP contribution >= 0.6 is 0 Å². The summed E-state index contributed by atoms with van der Waals surface area (Å²) in [6, 6.07) is 6.73. The molecular formula is C15H20N2O. The first kappa shape index (κ1) is 11.7. The van der Waals surface area contributed by atoms with Crippen LogP contribution in [-0.2, 0) is 0 Å². The van der Waals surface area contributed by atoms with Crippen molar-refractivity contribution in [2.45, 2.75) is 51.7 Å². The van der Waals surface area contributed by atoms with E-state index in [1.807, 2.05) is 13.0 Å². The lowest BCUT2D eigenvalue weighted by Gasteiger charge is -2.12. The van der Waals surface area contributed by atoms with Gasteiger partial charge in [-0.05, 0) is 38.3 Å². The third kappa shape index (κ3) is 1.83. The highest BCUT2D eigenvalue weighted by atomic mass is 16.3. The average Bonchev–Trinajstić information content (AvgIpc) is 2.97. The molecule has 1 saturated carbocycles. The van der Waals surface area contributed by atoms with Crippen molar-refractivity contribution >= 4 is 10.9 Å². The zero-order chi connectivity index (χ0) is 12.7. The molecule has 0 saturated heterocycles. The van der Waals surface area contributed by atoms with Gasteiger partial charge in [-0.3, -0.25) is 4.68 Å². The Bertz CT molecular complexity index is 565. The van der Waals surface area contributed by atoms with Crippen molar-refractivity contribution in [3.63, 3.8) is 0 Å². The number of rotatable bonds is 2. The Morgan fingerprint density at radius 1 is 1.33 bits per heavy atom. The van der Waals surface area contributed by atoms with Crippen LogP contribution in [-0.4, -0.2) is 14.9 Å². The van der Waals surface area contributed by atoms with Crippen LogP contribution in [0.5, 0.6) is 0 Å². The molecule has 1 aromatic heterocycles. The fourth-order valence-corrected chi connectivity index (χ4v) is 3.00. The molecule has 0 radical (unpaired) electrons. The Balaban J connectivity index is 2.15. The standard InChI is InChI=1S/C15H20N2O/c1-10-14-8-7-12(11(2)18)9-15(14)17(16-10)13-5-3-4-6-13/h7-9,11,13,18H,3-6H2,1-2H3. The fraction of sp³-hybridized carbons (Fsp3) is 0.533. The Labute approximate surface area is 107 Å². The molecule has 0 spiro atoms. The zero-order valence-electron chi connectivity index (χ0n) is 11.1. The van der Waals surface area contributed by atoms with E-state index in [0.717, 1.165) is 11.3 Å². The first-order valence-electron chi connectivity index (χ1n) is 6.83. The summed E-state index contributed by atoms with van der Waals surface area (Å²) in [5.74, 6) is 0. The van der Waals surface area contributed by atoms with Crippen LogP contribution in [0.4, 0.5) is 0 Å². The maximum Gasteiger partial charge on any atom is 0.0762 e. The van der Waals surface area contributed by atoms with E-state index in [2.05, 4.69) is 23.7 Å². The lowest BCUT2D eigenvalue weighted by atomic mass is 10.1. The minimum Gasteiger partial charge on any atom is -0.389 e. The highest BCUT2D eigenvalue weighted by Gasteiger charge is 2.21. The second-order valence-electron chi connectivity index (χ2n) is 5.42. The number of aliphatic hydroxyl groups excluding tert-OH is 1. The van der Waals surface area contributed by atoms with Crippen molar-refractivity contribution in [3.05, 3.63) is 29.5 Å². The van der Waals surface area contributed by atoms with Gasteiger partial charge in [0.15, 0.2) is 0 Å². The predicted molar refractivity (Wildman–Crippen MR) is 72.6 cm³/mol. The van der Waals surface area contributed by atoms with Crippen molar-refractivity contribution in [1.82, 2.24) is 9.78 Å². The van der Waals surface area contributed by atoms with Gasteiger partial charge in [0.1, 0.15) is 0 Å². The van der Waals surface area contributed by atoms with Gasteiger partial charge in [-0.1, -0.05) is 25.0 Å². The molecule has 96 valence electrons. The van der Waals surface area contributed by atoms with Gasteiger partial charge in [0.05, 0.1) is 23.4 Å². The summed E-state index contributed by atoms with van der Waals surface area (Å²) >= 11 is 0. The lowest BCUT2D eigenvalue weighted by Crippen LogP contribution is -2.06. The summed E-state index contributed by atoms with van der Waals surface area (Å²) in [4.78, 5) is 0. The minimum absolute atomic E-state index is 0.415. The normalized spacial score (nSPS) is 18.6. The molecule has 1 fully saturated rings. The molecule has 1 atom stereocenters. The smallest absolute Gasteiger partial charge is 0.0762 e. The molecule has 0 bridgehead atoms. The third-order valence-corrected chi connectivity index (χ3v) is 4.07. The second-order valence-corrected chi connectivity index (χ2v) is 5.42. The van der Waals surface area contributed by atoms with Gasteiger partial charge in [-0.15, -0.1) is 0 Å². The summed E-state index contributed by atoms with van der Waals surface area (Å²) in [5.41, 5.74) is 3.24. The Kier molecular flexibility index (Phi) is 2.86. The van der Waals surface area contributed by atoms with Crippen LogP contribution < -0.4 is 0 Å². The largest absolute Gasteiger partial charge is 0.389 e. The highest BCUT2D eigenvalue weighted by molar-refractivity contribution is 5.82. The van der Waals surface area contributed by atoms with Gasteiger partial charge in [-0.25, -0.2) is 0 Å². The third-order valence-electron chi connectivity index (χ3n) is 4.07. The van der Waals surface area contributed by atoms with Gasteiger partial charge in [-0.2, -0.15) is 5.10 Å². The van der Waals surface area contributed by atoms with Gasteiger partial charge in [0, 0.05) is 5.39 Å². The van der Waals surface area contributed by atoms with Crippen molar-refractivity contribution in [1.29, 1.82) is 0 Å². The Morgan fingerprint density at radius 2 is 2.06 bits per heavy atom. The van der Waals surface area contributed by atoms with Crippen LogP contribution in [0.3, 0.4) is 0 Å². The molecule has 1 heterocycles. The molecule has 3 nitrogen and oxygen atoms in total. The zero-order valence-corrected chi connectivity index (χ0v) is 11.1. The first-order chi connectivity index (χ1) is 8.66. The summed E-state index contributed by atoms with van der Waals surface area (Å²) in [7, 11) is 0. The molecule has 0 aliphatic heterocycles. The molecule has 18 heavy (non-hydrogen) atoms. The Hall–Kier alpha value is -1.35. The van der Waals surface area contributed by atoms with Crippen molar-refractivity contribution in [3.8, 4) is 0 Å². The summed E-state index contributed by atoms with van der Waals surface area (Å²) in [6.07, 6.45) is 4.66. The van der Waals surface area contributed by atoms with Crippen molar-refractivity contribution in [2.24, 2.45) is 0 Å². The van der Waals surface area contributed by atoms with Crippen LogP contribution in [0, 0.1) is 6.92 Å². The Morgan fingerprint density at radius 3 is 2.72 bits per heavy atom. The molecule has 3 heteroatoms. The number of aromatic nitrogens is 2. The molecule has 1 aliphatic rings. The summed E-state index contributed by atoms with van der Waals surface area (Å²) in [6.45, 7) is 3.88. The van der Waals surface area contributed by atoms with Gasteiger partial charge < -0.3 is 5.11 Å². The van der Waals surface area contributed by atoms with Gasteiger partial charge in [0.2, 0.25) is 0 Å². The maximum atomic E-state index is 9.72.